The molecule has 2 unspecified atom stereocenters. The number of carbonyl (C=O) groups excluding carboxylic acids is 1. The fraction of sp³-hybridized carbons (Fsp3) is 0.268. The summed E-state index contributed by atoms with van der Waals surface area (Å²) in [5, 5.41) is 12.0. The number of amides is 2. The highest BCUT2D eigenvalue weighted by Crippen LogP contribution is 2.58. The zero-order chi connectivity index (χ0) is 34.5. The number of rotatable bonds is 7. The number of hydrogen-bond acceptors (Lipinski definition) is 5. The molecule has 2 aromatic heterocycles. The van der Waals surface area contributed by atoms with Gasteiger partial charge in [-0.3, -0.25) is 9.80 Å². The lowest BCUT2D eigenvalue weighted by Gasteiger charge is -2.22. The van der Waals surface area contributed by atoms with Crippen LogP contribution in [0.5, 0.6) is 0 Å². The van der Waals surface area contributed by atoms with Crippen LogP contribution in [0.4, 0.5) is 9.59 Å². The number of hydrogen-bond donors (Lipinski definition) is 3. The summed E-state index contributed by atoms with van der Waals surface area (Å²) in [5.41, 5.74) is 7.18. The van der Waals surface area contributed by atoms with Gasteiger partial charge < -0.3 is 19.8 Å². The van der Waals surface area contributed by atoms with Crippen LogP contribution in [-0.4, -0.2) is 60.1 Å². The van der Waals surface area contributed by atoms with Gasteiger partial charge >= 0.3 is 12.2 Å². The third-order valence-corrected chi connectivity index (χ3v) is 10.9. The lowest BCUT2D eigenvalue weighted by molar-refractivity contribution is 0.0909. The van der Waals surface area contributed by atoms with Crippen LogP contribution in [0.15, 0.2) is 103 Å². The van der Waals surface area contributed by atoms with Gasteiger partial charge in [-0.1, -0.05) is 78.9 Å². The monoisotopic (exact) mass is 678 g/mol. The Morgan fingerprint density at radius 1 is 0.765 bits per heavy atom. The van der Waals surface area contributed by atoms with Crippen LogP contribution in [0.2, 0.25) is 0 Å². The molecule has 3 N–H and O–H groups in total. The fourth-order valence-corrected chi connectivity index (χ4v) is 7.85. The molecule has 3 aliphatic rings. The number of likely N-dealkylation sites (tertiary alicyclic amines) is 2. The first-order chi connectivity index (χ1) is 24.9. The molecule has 256 valence electrons. The number of benzene rings is 4. The van der Waals surface area contributed by atoms with Gasteiger partial charge in [0, 0.05) is 18.7 Å². The van der Waals surface area contributed by atoms with Crippen LogP contribution in [0.1, 0.15) is 61.4 Å². The number of carbonyl (C=O) groups is 2. The van der Waals surface area contributed by atoms with Gasteiger partial charge in [0.1, 0.15) is 18.3 Å². The van der Waals surface area contributed by atoms with E-state index in [1.165, 1.54) is 0 Å². The summed E-state index contributed by atoms with van der Waals surface area (Å²) in [5.74, 6) is 1.50. The van der Waals surface area contributed by atoms with E-state index in [1.807, 2.05) is 42.7 Å². The number of nitrogens with one attached hydrogen (secondary N) is 2. The number of ether oxygens (including phenoxy) is 1. The van der Waals surface area contributed by atoms with E-state index < -0.39 is 6.09 Å². The Morgan fingerprint density at radius 2 is 1.39 bits per heavy atom. The van der Waals surface area contributed by atoms with E-state index in [4.69, 9.17) is 9.72 Å². The van der Waals surface area contributed by atoms with Crippen molar-refractivity contribution in [2.75, 3.05) is 13.1 Å². The van der Waals surface area contributed by atoms with Crippen molar-refractivity contribution >= 4 is 23.0 Å². The molecule has 0 radical (unpaired) electrons. The molecule has 10 nitrogen and oxygen atoms in total. The standard InChI is InChI=1S/C41H38N6O4/c48-39(49)47-25-41(16-17-41)21-36(47)38-43-22-33(44-38)28-10-8-27(9-11-28)29-12-13-31-20-32(15-14-30(31)19-29)34-23-42-37(45-34)35-7-4-18-46(35)40(50)51-24-26-5-2-1-3-6-26/h1-3,5-6,8-15,19-20,22-23,35-36H,4,7,16-18,21,24-25H2,(H,42,45)(H,43,44)(H,48,49). The number of imidazole rings is 2. The Kier molecular flexibility index (Phi) is 7.60. The van der Waals surface area contributed by atoms with Gasteiger partial charge in [-0.05, 0) is 82.7 Å². The second kappa shape index (κ2) is 12.5. The Morgan fingerprint density at radius 3 is 2.10 bits per heavy atom. The van der Waals surface area contributed by atoms with Crippen LogP contribution in [0, 0.1) is 5.41 Å². The van der Waals surface area contributed by atoms with E-state index in [2.05, 4.69) is 75.6 Å². The van der Waals surface area contributed by atoms with Gasteiger partial charge in [0.2, 0.25) is 0 Å². The highest BCUT2D eigenvalue weighted by atomic mass is 16.6. The van der Waals surface area contributed by atoms with Gasteiger partial charge in [0.05, 0.1) is 35.9 Å². The number of aromatic amines is 2. The molecular formula is C41H38N6O4. The van der Waals surface area contributed by atoms with E-state index in [0.29, 0.717) is 13.1 Å². The third-order valence-electron chi connectivity index (χ3n) is 10.9. The molecule has 2 amide bonds. The van der Waals surface area contributed by atoms with Gasteiger partial charge in [-0.15, -0.1) is 0 Å². The SMILES string of the molecule is O=C(O)N1CC2(CC2)CC1c1ncc(-c2ccc(-c3ccc4cc(-c5cnc(C6CCCN6C(=O)OCc6ccccc6)[nH]5)ccc4c3)cc2)[nH]1. The van der Waals surface area contributed by atoms with E-state index in [0.717, 1.165) is 93.7 Å². The summed E-state index contributed by atoms with van der Waals surface area (Å²) in [6, 6.07) is 30.6. The Labute approximate surface area is 295 Å². The Hall–Kier alpha value is -5.90. The number of aromatic nitrogens is 4. The topological polar surface area (TPSA) is 127 Å². The first-order valence-electron chi connectivity index (χ1n) is 17.6. The molecule has 9 rings (SSSR count). The zero-order valence-electron chi connectivity index (χ0n) is 28.1. The average Bonchev–Trinajstić information content (AvgIpc) is 3.69. The van der Waals surface area contributed by atoms with E-state index >= 15 is 0 Å². The molecule has 3 fully saturated rings. The highest BCUT2D eigenvalue weighted by molar-refractivity contribution is 5.90. The molecule has 1 aliphatic carbocycles. The second-order valence-corrected chi connectivity index (χ2v) is 14.2. The first kappa shape index (κ1) is 31.1. The summed E-state index contributed by atoms with van der Waals surface area (Å²) in [4.78, 5) is 44.4. The Balaban J connectivity index is 0.877. The maximum atomic E-state index is 13.0. The second-order valence-electron chi connectivity index (χ2n) is 14.2. The fourth-order valence-electron chi connectivity index (χ4n) is 7.85. The lowest BCUT2D eigenvalue weighted by Crippen LogP contribution is -2.31. The first-order valence-corrected chi connectivity index (χ1v) is 17.6. The molecule has 4 heterocycles. The predicted molar refractivity (Wildman–Crippen MR) is 194 cm³/mol. The molecule has 4 aromatic carbocycles. The number of fused-ring (bicyclic) bond motifs is 1. The van der Waals surface area contributed by atoms with Crippen molar-refractivity contribution < 1.29 is 19.4 Å². The molecule has 2 atom stereocenters. The van der Waals surface area contributed by atoms with Crippen molar-refractivity contribution in [2.45, 2.75) is 50.8 Å². The average molecular weight is 679 g/mol. The van der Waals surface area contributed by atoms with Crippen LogP contribution in [0.25, 0.3) is 44.4 Å². The molecule has 1 spiro atoms. The minimum atomic E-state index is -0.876. The van der Waals surface area contributed by atoms with Crippen LogP contribution in [-0.2, 0) is 11.3 Å². The van der Waals surface area contributed by atoms with Gasteiger partial charge in [0.25, 0.3) is 0 Å². The van der Waals surface area contributed by atoms with Crippen LogP contribution in [0.3, 0.4) is 0 Å². The van der Waals surface area contributed by atoms with Gasteiger partial charge in [-0.2, -0.15) is 0 Å². The quantitative estimate of drug-likeness (QED) is 0.155. The minimum Gasteiger partial charge on any atom is -0.465 e. The summed E-state index contributed by atoms with van der Waals surface area (Å²) in [7, 11) is 0. The van der Waals surface area contributed by atoms with Crippen molar-refractivity contribution in [1.82, 2.24) is 29.7 Å². The number of H-pyrrole nitrogens is 2. The summed E-state index contributed by atoms with van der Waals surface area (Å²) in [6.07, 6.45) is 7.24. The maximum absolute atomic E-state index is 13.0. The highest BCUT2D eigenvalue weighted by Gasteiger charge is 2.54. The van der Waals surface area contributed by atoms with Crippen molar-refractivity contribution in [3.05, 3.63) is 121 Å². The van der Waals surface area contributed by atoms with E-state index in [9.17, 15) is 14.7 Å². The summed E-state index contributed by atoms with van der Waals surface area (Å²) < 4.78 is 5.63. The van der Waals surface area contributed by atoms with Crippen molar-refractivity contribution in [2.24, 2.45) is 5.41 Å². The smallest absolute Gasteiger partial charge is 0.410 e. The number of carboxylic acid groups (broad SMARTS) is 1. The van der Waals surface area contributed by atoms with Gasteiger partial charge in [-0.25, -0.2) is 19.6 Å². The molecule has 2 saturated heterocycles. The molecule has 2 aliphatic heterocycles. The summed E-state index contributed by atoms with van der Waals surface area (Å²) >= 11 is 0. The molecule has 10 heteroatoms. The van der Waals surface area contributed by atoms with E-state index in [1.54, 1.807) is 9.80 Å². The normalized spacial score (nSPS) is 19.2. The molecule has 6 aromatic rings. The maximum Gasteiger partial charge on any atom is 0.410 e. The molecular weight excluding hydrogens is 640 g/mol. The lowest BCUT2D eigenvalue weighted by atomic mass is 9.98. The number of nitrogens with zero attached hydrogens (tertiary/aromatic N) is 4. The Bertz CT molecular complexity index is 2240. The molecule has 51 heavy (non-hydrogen) atoms. The van der Waals surface area contributed by atoms with Crippen molar-refractivity contribution in [1.29, 1.82) is 0 Å². The third kappa shape index (κ3) is 6.00. The van der Waals surface area contributed by atoms with Crippen molar-refractivity contribution in [3.8, 4) is 33.6 Å². The molecule has 1 saturated carbocycles. The minimum absolute atomic E-state index is 0.142. The predicted octanol–water partition coefficient (Wildman–Crippen LogP) is 8.97. The largest absolute Gasteiger partial charge is 0.465 e. The van der Waals surface area contributed by atoms with E-state index in [-0.39, 0.29) is 30.2 Å². The zero-order valence-corrected chi connectivity index (χ0v) is 28.1. The van der Waals surface area contributed by atoms with Crippen LogP contribution < -0.4 is 0 Å². The van der Waals surface area contributed by atoms with Crippen molar-refractivity contribution in [3.63, 3.8) is 0 Å². The van der Waals surface area contributed by atoms with Gasteiger partial charge in [0.15, 0.2) is 0 Å². The molecule has 0 bridgehead atoms. The van der Waals surface area contributed by atoms with Crippen LogP contribution >= 0.6 is 0 Å². The summed E-state index contributed by atoms with van der Waals surface area (Å²) in [6.45, 7) is 1.50.